The minimum Gasteiger partial charge on any atom is -0.368 e. The SMILES string of the molecule is FC(F)(F)CCN1CCN(c2cccnc2)CC1. The summed E-state index contributed by atoms with van der Waals surface area (Å²) in [6.45, 7) is 2.95. The van der Waals surface area contributed by atoms with Crippen LogP contribution in [0.15, 0.2) is 24.5 Å². The summed E-state index contributed by atoms with van der Waals surface area (Å²) in [6.07, 6.45) is -1.28. The van der Waals surface area contributed by atoms with Gasteiger partial charge in [-0.05, 0) is 12.1 Å². The molecule has 0 radical (unpaired) electrons. The number of rotatable bonds is 3. The van der Waals surface area contributed by atoms with E-state index in [9.17, 15) is 13.2 Å². The fraction of sp³-hybridized carbons (Fsp3) is 0.583. The molecule has 1 fully saturated rings. The first-order valence-electron chi connectivity index (χ1n) is 5.99. The molecule has 0 saturated carbocycles. The van der Waals surface area contributed by atoms with Crippen LogP contribution in [0.3, 0.4) is 0 Å². The second-order valence-corrected chi connectivity index (χ2v) is 4.41. The molecule has 0 atom stereocenters. The summed E-state index contributed by atoms with van der Waals surface area (Å²) in [5.74, 6) is 0. The van der Waals surface area contributed by atoms with Gasteiger partial charge in [0.15, 0.2) is 0 Å². The smallest absolute Gasteiger partial charge is 0.368 e. The Morgan fingerprint density at radius 2 is 1.89 bits per heavy atom. The molecule has 1 aliphatic rings. The van der Waals surface area contributed by atoms with Gasteiger partial charge in [0.05, 0.1) is 18.3 Å². The highest BCUT2D eigenvalue weighted by Gasteiger charge is 2.28. The summed E-state index contributed by atoms with van der Waals surface area (Å²) in [7, 11) is 0. The first-order valence-corrected chi connectivity index (χ1v) is 5.99. The summed E-state index contributed by atoms with van der Waals surface area (Å²) >= 11 is 0. The van der Waals surface area contributed by atoms with E-state index in [0.717, 1.165) is 18.8 Å². The van der Waals surface area contributed by atoms with E-state index < -0.39 is 12.6 Å². The minimum absolute atomic E-state index is 0.102. The lowest BCUT2D eigenvalue weighted by Gasteiger charge is -2.36. The monoisotopic (exact) mass is 259 g/mol. The number of aromatic nitrogens is 1. The Labute approximate surface area is 104 Å². The highest BCUT2D eigenvalue weighted by atomic mass is 19.4. The van der Waals surface area contributed by atoms with Crippen molar-refractivity contribution < 1.29 is 13.2 Å². The van der Waals surface area contributed by atoms with Gasteiger partial charge in [-0.25, -0.2) is 0 Å². The second-order valence-electron chi connectivity index (χ2n) is 4.41. The van der Waals surface area contributed by atoms with Crippen LogP contribution in [0.2, 0.25) is 0 Å². The van der Waals surface area contributed by atoms with Crippen LogP contribution in [0.4, 0.5) is 18.9 Å². The Hall–Kier alpha value is -1.30. The second kappa shape index (κ2) is 5.56. The van der Waals surface area contributed by atoms with Crippen molar-refractivity contribution in [3.63, 3.8) is 0 Å². The van der Waals surface area contributed by atoms with Crippen LogP contribution in [-0.4, -0.2) is 48.8 Å². The van der Waals surface area contributed by atoms with E-state index in [1.54, 1.807) is 12.4 Å². The summed E-state index contributed by atoms with van der Waals surface area (Å²) in [6, 6.07) is 3.84. The first kappa shape index (κ1) is 13.1. The summed E-state index contributed by atoms with van der Waals surface area (Å²) in [4.78, 5) is 8.05. The third-order valence-electron chi connectivity index (χ3n) is 3.09. The number of piperazine rings is 1. The zero-order valence-corrected chi connectivity index (χ0v) is 10.0. The zero-order chi connectivity index (χ0) is 13.0. The number of hydrogen-bond donors (Lipinski definition) is 0. The van der Waals surface area contributed by atoms with E-state index in [-0.39, 0.29) is 6.54 Å². The van der Waals surface area contributed by atoms with Gasteiger partial charge >= 0.3 is 6.18 Å². The Kier molecular flexibility index (Phi) is 4.06. The van der Waals surface area contributed by atoms with Gasteiger partial charge in [0, 0.05) is 38.9 Å². The number of pyridine rings is 1. The quantitative estimate of drug-likeness (QED) is 0.829. The average Bonchev–Trinajstić information content (AvgIpc) is 2.37. The van der Waals surface area contributed by atoms with E-state index in [2.05, 4.69) is 9.88 Å². The van der Waals surface area contributed by atoms with Gasteiger partial charge in [0.2, 0.25) is 0 Å². The van der Waals surface area contributed by atoms with E-state index in [1.807, 2.05) is 17.0 Å². The van der Waals surface area contributed by atoms with Crippen molar-refractivity contribution >= 4 is 5.69 Å². The zero-order valence-electron chi connectivity index (χ0n) is 10.0. The van der Waals surface area contributed by atoms with E-state index in [4.69, 9.17) is 0 Å². The maximum Gasteiger partial charge on any atom is 0.390 e. The molecule has 6 heteroatoms. The molecule has 0 aliphatic carbocycles. The maximum absolute atomic E-state index is 12.1. The van der Waals surface area contributed by atoms with Crippen LogP contribution in [0.5, 0.6) is 0 Å². The lowest BCUT2D eigenvalue weighted by atomic mass is 10.2. The number of nitrogens with zero attached hydrogens (tertiary/aromatic N) is 3. The van der Waals surface area contributed by atoms with Crippen LogP contribution < -0.4 is 4.90 Å². The first-order chi connectivity index (χ1) is 8.54. The van der Waals surface area contributed by atoms with Gasteiger partial charge in [0.25, 0.3) is 0 Å². The molecule has 100 valence electrons. The van der Waals surface area contributed by atoms with Crippen molar-refractivity contribution in [1.82, 2.24) is 9.88 Å². The van der Waals surface area contributed by atoms with Crippen LogP contribution in [0, 0.1) is 0 Å². The third-order valence-corrected chi connectivity index (χ3v) is 3.09. The molecule has 0 bridgehead atoms. The Bertz CT molecular complexity index is 359. The normalized spacial score (nSPS) is 18.1. The maximum atomic E-state index is 12.1. The van der Waals surface area contributed by atoms with E-state index >= 15 is 0 Å². The fourth-order valence-electron chi connectivity index (χ4n) is 2.06. The van der Waals surface area contributed by atoms with E-state index in [1.165, 1.54) is 0 Å². The summed E-state index contributed by atoms with van der Waals surface area (Å²) in [5, 5.41) is 0. The summed E-state index contributed by atoms with van der Waals surface area (Å²) < 4.78 is 36.3. The van der Waals surface area contributed by atoms with Crippen LogP contribution in [-0.2, 0) is 0 Å². The van der Waals surface area contributed by atoms with Crippen molar-refractivity contribution in [2.75, 3.05) is 37.6 Å². The van der Waals surface area contributed by atoms with Crippen LogP contribution in [0.1, 0.15) is 6.42 Å². The number of hydrogen-bond acceptors (Lipinski definition) is 3. The number of alkyl halides is 3. The largest absolute Gasteiger partial charge is 0.390 e. The minimum atomic E-state index is -4.06. The van der Waals surface area contributed by atoms with Gasteiger partial charge in [-0.1, -0.05) is 0 Å². The highest BCUT2D eigenvalue weighted by molar-refractivity contribution is 5.43. The van der Waals surface area contributed by atoms with E-state index in [0.29, 0.717) is 13.1 Å². The van der Waals surface area contributed by atoms with Gasteiger partial charge in [0.1, 0.15) is 0 Å². The molecule has 1 saturated heterocycles. The van der Waals surface area contributed by atoms with Crippen LogP contribution >= 0.6 is 0 Å². The van der Waals surface area contributed by atoms with Crippen molar-refractivity contribution in [2.45, 2.75) is 12.6 Å². The number of anilines is 1. The molecule has 1 aliphatic heterocycles. The molecule has 3 nitrogen and oxygen atoms in total. The average molecular weight is 259 g/mol. The molecule has 0 amide bonds. The van der Waals surface area contributed by atoms with Crippen molar-refractivity contribution in [2.24, 2.45) is 0 Å². The third kappa shape index (κ3) is 3.87. The summed E-state index contributed by atoms with van der Waals surface area (Å²) in [5.41, 5.74) is 1.04. The molecule has 2 heterocycles. The van der Waals surface area contributed by atoms with Crippen molar-refractivity contribution in [3.8, 4) is 0 Å². The molecule has 1 aromatic rings. The molecule has 1 aromatic heterocycles. The number of halogens is 3. The molecule has 0 spiro atoms. The molecule has 18 heavy (non-hydrogen) atoms. The highest BCUT2D eigenvalue weighted by Crippen LogP contribution is 2.21. The topological polar surface area (TPSA) is 19.4 Å². The molecule has 2 rings (SSSR count). The lowest BCUT2D eigenvalue weighted by Crippen LogP contribution is -2.47. The predicted octanol–water partition coefficient (Wildman–Crippen LogP) is 2.16. The van der Waals surface area contributed by atoms with Crippen molar-refractivity contribution in [3.05, 3.63) is 24.5 Å². The predicted molar refractivity (Wildman–Crippen MR) is 63.6 cm³/mol. The lowest BCUT2D eigenvalue weighted by molar-refractivity contribution is -0.138. The standard InChI is InChI=1S/C12H16F3N3/c13-12(14,15)3-5-17-6-8-18(9-7-17)11-2-1-4-16-10-11/h1-2,4,10H,3,5-9H2. The molecule has 0 N–H and O–H groups in total. The Morgan fingerprint density at radius 3 is 2.44 bits per heavy atom. The van der Waals surface area contributed by atoms with Gasteiger partial charge in [-0.15, -0.1) is 0 Å². The van der Waals surface area contributed by atoms with Gasteiger partial charge in [-0.3, -0.25) is 9.88 Å². The van der Waals surface area contributed by atoms with Gasteiger partial charge < -0.3 is 4.90 Å². The Balaban J connectivity index is 1.78. The molecular weight excluding hydrogens is 243 g/mol. The molecular formula is C12H16F3N3. The molecule has 0 aromatic carbocycles. The fourth-order valence-corrected chi connectivity index (χ4v) is 2.06. The Morgan fingerprint density at radius 1 is 1.17 bits per heavy atom. The van der Waals surface area contributed by atoms with Crippen LogP contribution in [0.25, 0.3) is 0 Å². The van der Waals surface area contributed by atoms with Gasteiger partial charge in [-0.2, -0.15) is 13.2 Å². The molecule has 0 unspecified atom stereocenters. The van der Waals surface area contributed by atoms with Crippen molar-refractivity contribution in [1.29, 1.82) is 0 Å².